The van der Waals surface area contributed by atoms with E-state index in [0.717, 1.165) is 16.7 Å². The Morgan fingerprint density at radius 2 is 1.42 bits per heavy atom. The van der Waals surface area contributed by atoms with E-state index in [1.807, 2.05) is 126 Å². The van der Waals surface area contributed by atoms with Crippen molar-refractivity contribution in [1.29, 1.82) is 0 Å². The molecule has 4 aromatic rings. The summed E-state index contributed by atoms with van der Waals surface area (Å²) in [5, 5.41) is 17.8. The van der Waals surface area contributed by atoms with Gasteiger partial charge in [-0.2, -0.15) is 4.31 Å². The van der Waals surface area contributed by atoms with Crippen molar-refractivity contribution in [1.82, 2.24) is 14.9 Å². The minimum atomic E-state index is -4.13. The third-order valence-corrected chi connectivity index (χ3v) is 12.4. The molecule has 60 heavy (non-hydrogen) atoms. The summed E-state index contributed by atoms with van der Waals surface area (Å²) in [6.45, 7) is 9.10. The molecule has 0 radical (unpaired) electrons. The highest BCUT2D eigenvalue weighted by molar-refractivity contribution is 7.89. The molecule has 3 N–H and O–H groups in total. The van der Waals surface area contributed by atoms with Crippen LogP contribution < -0.4 is 20.1 Å². The van der Waals surface area contributed by atoms with Gasteiger partial charge in [0.25, 0.3) is 0 Å². The van der Waals surface area contributed by atoms with Gasteiger partial charge in [0.1, 0.15) is 12.6 Å². The first-order valence-electron chi connectivity index (χ1n) is 20.3. The molecule has 2 aliphatic rings. The number of rotatable bonds is 19. The van der Waals surface area contributed by atoms with Gasteiger partial charge in [-0.05, 0) is 58.6 Å². The van der Waals surface area contributed by atoms with Crippen LogP contribution in [0.2, 0.25) is 0 Å². The first-order valence-corrected chi connectivity index (χ1v) is 21.7. The van der Waals surface area contributed by atoms with Crippen LogP contribution >= 0.6 is 0 Å². The van der Waals surface area contributed by atoms with Crippen molar-refractivity contribution < 1.29 is 42.1 Å². The molecule has 0 saturated heterocycles. The van der Waals surface area contributed by atoms with Crippen LogP contribution in [0.1, 0.15) is 57.7 Å². The van der Waals surface area contributed by atoms with E-state index >= 15 is 0 Å². The van der Waals surface area contributed by atoms with Crippen LogP contribution in [-0.4, -0.2) is 73.7 Å². The summed E-state index contributed by atoms with van der Waals surface area (Å²) in [5.41, 5.74) is 3.01. The van der Waals surface area contributed by atoms with Crippen molar-refractivity contribution in [3.05, 3.63) is 137 Å². The van der Waals surface area contributed by atoms with Gasteiger partial charge in [0.05, 0.1) is 17.0 Å². The minimum absolute atomic E-state index is 0.0110. The van der Waals surface area contributed by atoms with Crippen LogP contribution in [0, 0.1) is 17.3 Å². The molecule has 2 amide bonds. The molecule has 4 aromatic carbocycles. The lowest BCUT2D eigenvalue weighted by molar-refractivity contribution is -0.140. The second kappa shape index (κ2) is 19.3. The normalized spacial score (nSPS) is 16.3. The highest BCUT2D eigenvalue weighted by Crippen LogP contribution is 2.45. The van der Waals surface area contributed by atoms with Crippen molar-refractivity contribution in [2.45, 2.75) is 83.6 Å². The van der Waals surface area contributed by atoms with Crippen LogP contribution in [-0.2, 0) is 48.6 Å². The maximum Gasteiger partial charge on any atom is 0.334 e. The summed E-state index contributed by atoms with van der Waals surface area (Å²) in [6, 6.07) is 30.7. The molecule has 0 aromatic heterocycles. The van der Waals surface area contributed by atoms with Gasteiger partial charge in [-0.3, -0.25) is 9.59 Å². The molecular formula is C47H55N3O9S. The van der Waals surface area contributed by atoms with Crippen LogP contribution in [0.5, 0.6) is 11.5 Å². The minimum Gasteiger partial charge on any atom is -0.457 e. The molecule has 1 aliphatic carbocycles. The van der Waals surface area contributed by atoms with E-state index in [9.17, 15) is 27.9 Å². The fraction of sp³-hybridized carbons (Fsp3) is 0.383. The quantitative estimate of drug-likeness (QED) is 0.0966. The largest absolute Gasteiger partial charge is 0.457 e. The Morgan fingerprint density at radius 1 is 0.817 bits per heavy atom. The topological polar surface area (TPSA) is 161 Å². The predicted octanol–water partition coefficient (Wildman–Crippen LogP) is 5.98. The number of aliphatic hydroxyl groups excluding tert-OH is 1. The van der Waals surface area contributed by atoms with Gasteiger partial charge in [0.15, 0.2) is 11.5 Å². The Kier molecular flexibility index (Phi) is 14.1. The van der Waals surface area contributed by atoms with Crippen molar-refractivity contribution in [3.8, 4) is 11.5 Å². The van der Waals surface area contributed by atoms with E-state index in [4.69, 9.17) is 14.2 Å². The number of nitrogens with zero attached hydrogens (tertiary/aromatic N) is 1. The lowest BCUT2D eigenvalue weighted by atomic mass is 9.85. The SMILES string of the molecule is CC(C)CN(C[C@@H](O)[C@H](Cc1ccccc1)NC(=O)[C@@H](NC(=O)CC1=C(C(=O)OCc2ccccc2)C1Cc1ccccc1)C(C)(C)C)S(=O)(=O)c1ccc2c(c1)OCO2. The molecule has 0 saturated carbocycles. The van der Waals surface area contributed by atoms with Gasteiger partial charge in [-0.1, -0.05) is 126 Å². The van der Waals surface area contributed by atoms with E-state index < -0.39 is 51.4 Å². The van der Waals surface area contributed by atoms with E-state index in [0.29, 0.717) is 29.1 Å². The van der Waals surface area contributed by atoms with Crippen molar-refractivity contribution in [3.63, 3.8) is 0 Å². The lowest BCUT2D eigenvalue weighted by Gasteiger charge is -2.34. The number of amides is 2. The van der Waals surface area contributed by atoms with Crippen molar-refractivity contribution in [2.75, 3.05) is 19.9 Å². The first-order chi connectivity index (χ1) is 28.6. The predicted molar refractivity (Wildman–Crippen MR) is 227 cm³/mol. The van der Waals surface area contributed by atoms with Crippen LogP contribution in [0.15, 0.2) is 125 Å². The highest BCUT2D eigenvalue weighted by atomic mass is 32.2. The molecular weight excluding hydrogens is 783 g/mol. The fourth-order valence-electron chi connectivity index (χ4n) is 7.37. The summed E-state index contributed by atoms with van der Waals surface area (Å²) >= 11 is 0. The molecule has 1 heterocycles. The number of fused-ring (bicyclic) bond motifs is 1. The highest BCUT2D eigenvalue weighted by Gasteiger charge is 2.44. The number of benzene rings is 4. The maximum atomic E-state index is 14.3. The van der Waals surface area contributed by atoms with Crippen LogP contribution in [0.3, 0.4) is 0 Å². The number of ether oxygens (including phenoxy) is 3. The number of hydrogen-bond donors (Lipinski definition) is 3. The number of aliphatic hydroxyl groups is 1. The fourth-order valence-corrected chi connectivity index (χ4v) is 9.00. The number of carbonyl (C=O) groups is 3. The molecule has 4 atom stereocenters. The van der Waals surface area contributed by atoms with Gasteiger partial charge >= 0.3 is 5.97 Å². The summed E-state index contributed by atoms with van der Waals surface area (Å²) < 4.78 is 45.9. The number of carbonyl (C=O) groups excluding carboxylic acids is 3. The first kappa shape index (κ1) is 44.1. The zero-order valence-corrected chi connectivity index (χ0v) is 35.6. The molecule has 13 heteroatoms. The Bertz CT molecular complexity index is 2260. The van der Waals surface area contributed by atoms with E-state index in [-0.39, 0.29) is 56.1 Å². The number of sulfonamides is 1. The lowest BCUT2D eigenvalue weighted by Crippen LogP contribution is -2.58. The average molecular weight is 838 g/mol. The molecule has 1 aliphatic heterocycles. The Labute approximate surface area is 353 Å². The van der Waals surface area contributed by atoms with Crippen molar-refractivity contribution in [2.24, 2.45) is 17.3 Å². The molecule has 0 spiro atoms. The molecule has 1 unspecified atom stereocenters. The van der Waals surface area contributed by atoms with Crippen LogP contribution in [0.4, 0.5) is 0 Å². The molecule has 318 valence electrons. The summed E-state index contributed by atoms with van der Waals surface area (Å²) in [6.07, 6.45) is -0.751. The summed E-state index contributed by atoms with van der Waals surface area (Å²) in [7, 11) is -4.13. The maximum absolute atomic E-state index is 14.3. The van der Waals surface area contributed by atoms with Gasteiger partial charge in [-0.25, -0.2) is 13.2 Å². The second-order valence-corrected chi connectivity index (χ2v) is 18.8. The molecule has 12 nitrogen and oxygen atoms in total. The molecule has 0 bridgehead atoms. The van der Waals surface area contributed by atoms with Gasteiger partial charge < -0.3 is 30.0 Å². The zero-order chi connectivity index (χ0) is 43.0. The smallest absolute Gasteiger partial charge is 0.334 e. The second-order valence-electron chi connectivity index (χ2n) is 16.9. The van der Waals surface area contributed by atoms with E-state index in [1.165, 1.54) is 16.4 Å². The van der Waals surface area contributed by atoms with E-state index in [1.54, 1.807) is 6.07 Å². The number of nitrogens with one attached hydrogen (secondary N) is 2. The number of hydrogen-bond acceptors (Lipinski definition) is 9. The summed E-state index contributed by atoms with van der Waals surface area (Å²) in [4.78, 5) is 41.6. The Hall–Kier alpha value is -5.50. The molecule has 6 rings (SSSR count). The van der Waals surface area contributed by atoms with Crippen LogP contribution in [0.25, 0.3) is 0 Å². The Balaban J connectivity index is 1.19. The third-order valence-electron chi connectivity index (χ3n) is 10.6. The van der Waals surface area contributed by atoms with Crippen molar-refractivity contribution >= 4 is 27.8 Å². The average Bonchev–Trinajstić information content (AvgIpc) is 3.64. The van der Waals surface area contributed by atoms with Gasteiger partial charge in [0, 0.05) is 37.1 Å². The monoisotopic (exact) mass is 837 g/mol. The standard InChI is InChI=1S/C47H55N3O9S/c1-31(2)27-50(60(55,56)35-21-22-40-41(25-35)59-30-58-40)28-39(51)38(24-33-17-11-7-12-18-33)48-45(53)44(47(3,4)5)49-42(52)26-37-36(23-32-15-9-6-10-16-32)43(37)46(54)57-29-34-19-13-8-14-20-34/h6-22,25,31,36,38-39,44,51H,23-24,26-30H2,1-5H3,(H,48,53)(H,49,52)/t36?,38-,39+,44+/m0/s1. The van der Waals surface area contributed by atoms with E-state index in [2.05, 4.69) is 10.6 Å². The Morgan fingerprint density at radius 3 is 2.03 bits per heavy atom. The van der Waals surface area contributed by atoms with Gasteiger partial charge in [-0.15, -0.1) is 0 Å². The number of esters is 1. The summed E-state index contributed by atoms with van der Waals surface area (Å²) in [5.74, 6) is -1.08. The molecule has 0 fully saturated rings. The zero-order valence-electron chi connectivity index (χ0n) is 34.8. The van der Waals surface area contributed by atoms with Gasteiger partial charge in [0.2, 0.25) is 28.6 Å². The third kappa shape index (κ3) is 11.4.